The first-order valence-corrected chi connectivity index (χ1v) is 10.1. The second kappa shape index (κ2) is 8.18. The number of sulfonamides is 1. The minimum absolute atomic E-state index is 0.0229. The number of anilines is 2. The molecular weight excluding hydrogens is 426 g/mol. The van der Waals surface area contributed by atoms with E-state index in [-0.39, 0.29) is 21.2 Å². The van der Waals surface area contributed by atoms with E-state index in [0.29, 0.717) is 10.7 Å². The highest BCUT2D eigenvalue weighted by Gasteiger charge is 2.17. The maximum absolute atomic E-state index is 13.0. The summed E-state index contributed by atoms with van der Waals surface area (Å²) in [5, 5.41) is 3.31. The lowest BCUT2D eigenvalue weighted by atomic mass is 10.2. The van der Waals surface area contributed by atoms with Crippen LogP contribution in [0.4, 0.5) is 15.8 Å². The van der Waals surface area contributed by atoms with Crippen LogP contribution in [-0.2, 0) is 10.0 Å². The van der Waals surface area contributed by atoms with Gasteiger partial charge in [-0.05, 0) is 66.7 Å². The van der Waals surface area contributed by atoms with E-state index in [1.807, 2.05) is 0 Å². The summed E-state index contributed by atoms with van der Waals surface area (Å²) in [6.07, 6.45) is 0. The largest absolute Gasteiger partial charge is 0.322 e. The highest BCUT2D eigenvalue weighted by Crippen LogP contribution is 2.26. The molecule has 3 aromatic carbocycles. The zero-order valence-electron chi connectivity index (χ0n) is 14.1. The van der Waals surface area contributed by atoms with Gasteiger partial charge in [-0.3, -0.25) is 9.52 Å². The molecule has 0 spiro atoms. The van der Waals surface area contributed by atoms with Gasteiger partial charge in [0.15, 0.2) is 0 Å². The average molecular weight is 439 g/mol. The van der Waals surface area contributed by atoms with Crippen molar-refractivity contribution in [3.8, 4) is 0 Å². The fourth-order valence-corrected chi connectivity index (χ4v) is 3.72. The third-order valence-electron chi connectivity index (χ3n) is 3.70. The molecule has 0 saturated carbocycles. The number of benzene rings is 3. The highest BCUT2D eigenvalue weighted by atomic mass is 35.5. The molecule has 0 radical (unpaired) electrons. The van der Waals surface area contributed by atoms with E-state index in [1.165, 1.54) is 18.2 Å². The maximum Gasteiger partial charge on any atom is 0.261 e. The molecule has 0 heterocycles. The van der Waals surface area contributed by atoms with E-state index in [1.54, 1.807) is 24.3 Å². The smallest absolute Gasteiger partial charge is 0.261 e. The molecule has 3 rings (SSSR count). The van der Waals surface area contributed by atoms with Crippen LogP contribution in [-0.4, -0.2) is 14.3 Å². The molecule has 0 atom stereocenters. The Morgan fingerprint density at radius 1 is 0.893 bits per heavy atom. The van der Waals surface area contributed by atoms with Crippen LogP contribution in [0.3, 0.4) is 0 Å². The average Bonchev–Trinajstić information content (AvgIpc) is 2.65. The summed E-state index contributed by atoms with van der Waals surface area (Å²) >= 11 is 11.9. The molecule has 0 saturated heterocycles. The summed E-state index contributed by atoms with van der Waals surface area (Å²) in [7, 11) is -4.01. The van der Waals surface area contributed by atoms with Gasteiger partial charge in [0.2, 0.25) is 0 Å². The Morgan fingerprint density at radius 2 is 1.54 bits per heavy atom. The molecule has 0 fully saturated rings. The molecule has 2 N–H and O–H groups in total. The number of rotatable bonds is 5. The minimum atomic E-state index is -4.01. The molecule has 0 aliphatic carbocycles. The van der Waals surface area contributed by atoms with Crippen molar-refractivity contribution in [3.63, 3.8) is 0 Å². The maximum atomic E-state index is 13.0. The van der Waals surface area contributed by atoms with Gasteiger partial charge in [0.05, 0.1) is 15.6 Å². The highest BCUT2D eigenvalue weighted by molar-refractivity contribution is 7.92. The van der Waals surface area contributed by atoms with Crippen LogP contribution in [0.1, 0.15) is 10.4 Å². The lowest BCUT2D eigenvalue weighted by molar-refractivity contribution is 0.102. The van der Waals surface area contributed by atoms with Crippen molar-refractivity contribution in [2.75, 3.05) is 10.0 Å². The predicted octanol–water partition coefficient (Wildman–Crippen LogP) is 5.19. The van der Waals surface area contributed by atoms with Crippen molar-refractivity contribution in [2.45, 2.75) is 4.90 Å². The van der Waals surface area contributed by atoms with Gasteiger partial charge in [-0.1, -0.05) is 23.2 Å². The van der Waals surface area contributed by atoms with Crippen molar-refractivity contribution < 1.29 is 17.6 Å². The Bertz CT molecular complexity index is 1120. The molecule has 5 nitrogen and oxygen atoms in total. The summed E-state index contributed by atoms with van der Waals surface area (Å²) in [4.78, 5) is 12.3. The monoisotopic (exact) mass is 438 g/mol. The zero-order chi connectivity index (χ0) is 20.3. The van der Waals surface area contributed by atoms with Gasteiger partial charge in [-0.15, -0.1) is 0 Å². The van der Waals surface area contributed by atoms with E-state index in [4.69, 9.17) is 23.2 Å². The van der Waals surface area contributed by atoms with Gasteiger partial charge in [-0.25, -0.2) is 12.8 Å². The summed E-state index contributed by atoms with van der Waals surface area (Å²) in [5.74, 6) is -1.01. The van der Waals surface area contributed by atoms with Crippen molar-refractivity contribution in [1.29, 1.82) is 0 Å². The first-order chi connectivity index (χ1) is 13.2. The van der Waals surface area contributed by atoms with Crippen LogP contribution in [0, 0.1) is 5.82 Å². The Morgan fingerprint density at radius 3 is 2.18 bits per heavy atom. The predicted molar refractivity (Wildman–Crippen MR) is 108 cm³/mol. The van der Waals surface area contributed by atoms with Crippen LogP contribution in [0.2, 0.25) is 10.0 Å². The second-order valence-electron chi connectivity index (χ2n) is 5.72. The van der Waals surface area contributed by atoms with Crippen LogP contribution in [0.5, 0.6) is 0 Å². The molecule has 0 bridgehead atoms. The fraction of sp³-hybridized carbons (Fsp3) is 0. The Labute approximate surface area is 171 Å². The Kier molecular flexibility index (Phi) is 5.88. The summed E-state index contributed by atoms with van der Waals surface area (Å²) in [6, 6.07) is 15.0. The number of nitrogens with one attached hydrogen (secondary N) is 2. The van der Waals surface area contributed by atoms with Gasteiger partial charge in [0.25, 0.3) is 15.9 Å². The van der Waals surface area contributed by atoms with Crippen molar-refractivity contribution in [2.24, 2.45) is 0 Å². The van der Waals surface area contributed by atoms with Gasteiger partial charge in [-0.2, -0.15) is 0 Å². The third kappa shape index (κ3) is 4.81. The fourth-order valence-electron chi connectivity index (χ4n) is 2.30. The van der Waals surface area contributed by atoms with Gasteiger partial charge >= 0.3 is 0 Å². The number of carbonyl (C=O) groups excluding carboxylic acids is 1. The minimum Gasteiger partial charge on any atom is -0.322 e. The SMILES string of the molecule is O=C(Nc1ccc(Cl)cc1)c1ccc(Cl)c(NS(=O)(=O)c2ccc(F)cc2)c1. The van der Waals surface area contributed by atoms with Crippen molar-refractivity contribution in [3.05, 3.63) is 88.2 Å². The first-order valence-electron chi connectivity index (χ1n) is 7.89. The molecule has 28 heavy (non-hydrogen) atoms. The third-order valence-corrected chi connectivity index (χ3v) is 5.66. The first kappa shape index (κ1) is 20.1. The van der Waals surface area contributed by atoms with Crippen LogP contribution in [0.25, 0.3) is 0 Å². The molecule has 0 aromatic heterocycles. The number of hydrogen-bond acceptors (Lipinski definition) is 3. The summed E-state index contributed by atoms with van der Waals surface area (Å²) < 4.78 is 40.3. The molecule has 9 heteroatoms. The van der Waals surface area contributed by atoms with Gasteiger partial charge in [0.1, 0.15) is 5.82 Å². The number of carbonyl (C=O) groups is 1. The molecule has 3 aromatic rings. The summed E-state index contributed by atoms with van der Waals surface area (Å²) in [6.45, 7) is 0. The van der Waals surface area contributed by atoms with Crippen LogP contribution < -0.4 is 10.0 Å². The molecule has 0 aliphatic rings. The van der Waals surface area contributed by atoms with Crippen LogP contribution in [0.15, 0.2) is 71.6 Å². The van der Waals surface area contributed by atoms with E-state index < -0.39 is 21.7 Å². The normalized spacial score (nSPS) is 11.1. The zero-order valence-corrected chi connectivity index (χ0v) is 16.4. The van der Waals surface area contributed by atoms with Crippen molar-refractivity contribution >= 4 is 50.5 Å². The molecule has 0 unspecified atom stereocenters. The Balaban J connectivity index is 1.83. The molecule has 1 amide bonds. The van der Waals surface area contributed by atoms with Crippen molar-refractivity contribution in [1.82, 2.24) is 0 Å². The second-order valence-corrected chi connectivity index (χ2v) is 8.24. The number of amides is 1. The standard InChI is InChI=1S/C19H13Cl2FN2O3S/c20-13-2-6-15(7-3-13)23-19(25)12-1-10-17(21)18(11-12)24-28(26,27)16-8-4-14(22)5-9-16/h1-11,24H,(H,23,25). The summed E-state index contributed by atoms with van der Waals surface area (Å²) in [5.41, 5.74) is 0.740. The van der Waals surface area contributed by atoms with Gasteiger partial charge < -0.3 is 5.32 Å². The lowest BCUT2D eigenvalue weighted by Gasteiger charge is -2.12. The van der Waals surface area contributed by atoms with Gasteiger partial charge in [0, 0.05) is 16.3 Å². The van der Waals surface area contributed by atoms with E-state index in [2.05, 4.69) is 10.0 Å². The van der Waals surface area contributed by atoms with E-state index in [0.717, 1.165) is 24.3 Å². The number of halogens is 3. The number of hydrogen-bond donors (Lipinski definition) is 2. The lowest BCUT2D eigenvalue weighted by Crippen LogP contribution is -2.15. The van der Waals surface area contributed by atoms with E-state index in [9.17, 15) is 17.6 Å². The van der Waals surface area contributed by atoms with Crippen LogP contribution >= 0.6 is 23.2 Å². The van der Waals surface area contributed by atoms with E-state index >= 15 is 0 Å². The topological polar surface area (TPSA) is 75.3 Å². The Hall–Kier alpha value is -2.61. The quantitative estimate of drug-likeness (QED) is 0.575. The molecular formula is C19H13Cl2FN2O3S. The molecule has 0 aliphatic heterocycles. The molecule has 144 valence electrons.